The Balaban J connectivity index is 1.93. The molecule has 2 aromatic heterocycles. The lowest BCUT2D eigenvalue weighted by molar-refractivity contribution is 0.0696. The van der Waals surface area contributed by atoms with Gasteiger partial charge in [0.05, 0.1) is 11.3 Å². The fourth-order valence-electron chi connectivity index (χ4n) is 3.36. The molecule has 2 aromatic rings. The van der Waals surface area contributed by atoms with Crippen LogP contribution in [0.5, 0.6) is 0 Å². The Labute approximate surface area is 148 Å². The molecule has 0 saturated carbocycles. The number of aromatic nitrogens is 3. The van der Waals surface area contributed by atoms with E-state index in [0.717, 1.165) is 37.3 Å². The number of pyridine rings is 1. The van der Waals surface area contributed by atoms with Crippen LogP contribution in [0.15, 0.2) is 24.5 Å². The SMILES string of the molecule is Cc1nc(-c2cncc(C(=O)O)c2)cc(C2CCCN(C(C)C)C2)n1. The number of nitrogens with zero attached hydrogens (tertiary/aromatic N) is 4. The zero-order valence-electron chi connectivity index (χ0n) is 14.9. The predicted molar refractivity (Wildman–Crippen MR) is 95.6 cm³/mol. The van der Waals surface area contributed by atoms with Gasteiger partial charge in [-0.2, -0.15) is 0 Å². The predicted octanol–water partition coefficient (Wildman–Crippen LogP) is 3.13. The number of hydrogen-bond donors (Lipinski definition) is 1. The van der Waals surface area contributed by atoms with Crippen molar-refractivity contribution in [2.75, 3.05) is 13.1 Å². The molecule has 132 valence electrons. The first-order chi connectivity index (χ1) is 11.9. The summed E-state index contributed by atoms with van der Waals surface area (Å²) in [7, 11) is 0. The molecule has 1 N–H and O–H groups in total. The molecule has 3 rings (SSSR count). The van der Waals surface area contributed by atoms with E-state index in [4.69, 9.17) is 0 Å². The molecule has 0 aromatic carbocycles. The van der Waals surface area contributed by atoms with E-state index in [1.807, 2.05) is 13.0 Å². The summed E-state index contributed by atoms with van der Waals surface area (Å²) in [6, 6.07) is 4.13. The van der Waals surface area contributed by atoms with Crippen molar-refractivity contribution < 1.29 is 9.90 Å². The number of aromatic carboxylic acids is 1. The van der Waals surface area contributed by atoms with Crippen LogP contribution in [0.25, 0.3) is 11.3 Å². The van der Waals surface area contributed by atoms with Crippen molar-refractivity contribution in [3.8, 4) is 11.3 Å². The van der Waals surface area contributed by atoms with Gasteiger partial charge in [-0.25, -0.2) is 14.8 Å². The minimum absolute atomic E-state index is 0.166. The summed E-state index contributed by atoms with van der Waals surface area (Å²) in [5, 5.41) is 9.17. The van der Waals surface area contributed by atoms with Crippen molar-refractivity contribution in [1.29, 1.82) is 0 Å². The van der Waals surface area contributed by atoms with Gasteiger partial charge in [0.1, 0.15) is 5.82 Å². The molecular weight excluding hydrogens is 316 g/mol. The van der Waals surface area contributed by atoms with Crippen molar-refractivity contribution in [3.63, 3.8) is 0 Å². The average molecular weight is 340 g/mol. The van der Waals surface area contributed by atoms with Gasteiger partial charge in [0.2, 0.25) is 0 Å². The van der Waals surface area contributed by atoms with Crippen LogP contribution in [0, 0.1) is 6.92 Å². The highest BCUT2D eigenvalue weighted by atomic mass is 16.4. The quantitative estimate of drug-likeness (QED) is 0.921. The van der Waals surface area contributed by atoms with E-state index in [-0.39, 0.29) is 5.56 Å². The lowest BCUT2D eigenvalue weighted by atomic mass is 9.93. The first-order valence-electron chi connectivity index (χ1n) is 8.72. The fourth-order valence-corrected chi connectivity index (χ4v) is 3.36. The Morgan fingerprint density at radius 1 is 1.28 bits per heavy atom. The molecule has 25 heavy (non-hydrogen) atoms. The molecule has 1 aliphatic heterocycles. The standard InChI is InChI=1S/C19H24N4O2/c1-12(2)23-6-4-5-14(11-23)17-8-18(22-13(3)21-17)15-7-16(19(24)25)10-20-9-15/h7-10,12,14H,4-6,11H2,1-3H3,(H,24,25). The van der Waals surface area contributed by atoms with Gasteiger partial charge in [0, 0.05) is 42.2 Å². The Morgan fingerprint density at radius 2 is 2.08 bits per heavy atom. The normalized spacial score (nSPS) is 18.5. The number of piperidine rings is 1. The van der Waals surface area contributed by atoms with E-state index < -0.39 is 5.97 Å². The van der Waals surface area contributed by atoms with Crippen molar-refractivity contribution in [2.24, 2.45) is 0 Å². The van der Waals surface area contributed by atoms with Crippen LogP contribution in [0.3, 0.4) is 0 Å². The third-order valence-electron chi connectivity index (χ3n) is 4.74. The number of likely N-dealkylation sites (tertiary alicyclic amines) is 1. The van der Waals surface area contributed by atoms with Crippen LogP contribution in [0.4, 0.5) is 0 Å². The Kier molecular flexibility index (Phi) is 5.08. The molecule has 0 spiro atoms. The molecule has 1 saturated heterocycles. The van der Waals surface area contributed by atoms with Gasteiger partial charge in [0.25, 0.3) is 0 Å². The monoisotopic (exact) mass is 340 g/mol. The van der Waals surface area contributed by atoms with Gasteiger partial charge < -0.3 is 10.0 Å². The molecule has 3 heterocycles. The van der Waals surface area contributed by atoms with E-state index >= 15 is 0 Å². The molecular formula is C19H24N4O2. The summed E-state index contributed by atoms with van der Waals surface area (Å²) in [6.07, 6.45) is 5.28. The molecule has 0 radical (unpaired) electrons. The summed E-state index contributed by atoms with van der Waals surface area (Å²) in [5.74, 6) is 0.0994. The Hall–Kier alpha value is -2.34. The highest BCUT2D eigenvalue weighted by molar-refractivity contribution is 5.88. The maximum absolute atomic E-state index is 11.2. The third-order valence-corrected chi connectivity index (χ3v) is 4.74. The lowest BCUT2D eigenvalue weighted by Gasteiger charge is -2.35. The summed E-state index contributed by atoms with van der Waals surface area (Å²) in [6.45, 7) is 8.46. The van der Waals surface area contributed by atoms with Gasteiger partial charge in [0.15, 0.2) is 0 Å². The summed E-state index contributed by atoms with van der Waals surface area (Å²) < 4.78 is 0. The van der Waals surface area contributed by atoms with Crippen molar-refractivity contribution in [3.05, 3.63) is 41.6 Å². The van der Waals surface area contributed by atoms with Gasteiger partial charge in [-0.3, -0.25) is 4.98 Å². The van der Waals surface area contributed by atoms with Crippen LogP contribution in [0.2, 0.25) is 0 Å². The van der Waals surface area contributed by atoms with Crippen LogP contribution in [-0.4, -0.2) is 50.1 Å². The molecule has 1 atom stereocenters. The third kappa shape index (κ3) is 4.02. The Bertz CT molecular complexity index is 776. The number of hydrogen-bond acceptors (Lipinski definition) is 5. The minimum atomic E-state index is -0.986. The molecule has 0 bridgehead atoms. The highest BCUT2D eigenvalue weighted by Crippen LogP contribution is 2.29. The van der Waals surface area contributed by atoms with E-state index in [0.29, 0.717) is 23.3 Å². The number of carboxylic acids is 1. The van der Waals surface area contributed by atoms with Crippen LogP contribution < -0.4 is 0 Å². The lowest BCUT2D eigenvalue weighted by Crippen LogP contribution is -2.39. The second-order valence-electron chi connectivity index (χ2n) is 6.92. The first-order valence-corrected chi connectivity index (χ1v) is 8.72. The van der Waals surface area contributed by atoms with Crippen LogP contribution >= 0.6 is 0 Å². The largest absolute Gasteiger partial charge is 0.478 e. The number of rotatable bonds is 4. The second kappa shape index (κ2) is 7.27. The fraction of sp³-hybridized carbons (Fsp3) is 0.474. The van der Waals surface area contributed by atoms with E-state index in [1.54, 1.807) is 12.3 Å². The number of carboxylic acid groups (broad SMARTS) is 1. The van der Waals surface area contributed by atoms with E-state index in [2.05, 4.69) is 33.7 Å². The topological polar surface area (TPSA) is 79.2 Å². The van der Waals surface area contributed by atoms with Crippen LogP contribution in [-0.2, 0) is 0 Å². The molecule has 6 nitrogen and oxygen atoms in total. The maximum Gasteiger partial charge on any atom is 0.337 e. The summed E-state index contributed by atoms with van der Waals surface area (Å²) in [5.41, 5.74) is 2.65. The molecule has 6 heteroatoms. The molecule has 1 aliphatic rings. The first kappa shape index (κ1) is 17.5. The molecule has 0 amide bonds. The maximum atomic E-state index is 11.2. The zero-order chi connectivity index (χ0) is 18.0. The summed E-state index contributed by atoms with van der Waals surface area (Å²) in [4.78, 5) is 26.9. The molecule has 1 unspecified atom stereocenters. The van der Waals surface area contributed by atoms with Gasteiger partial charge in [-0.15, -0.1) is 0 Å². The molecule has 0 aliphatic carbocycles. The zero-order valence-corrected chi connectivity index (χ0v) is 14.9. The van der Waals surface area contributed by atoms with Crippen molar-refractivity contribution in [2.45, 2.75) is 45.6 Å². The van der Waals surface area contributed by atoms with Gasteiger partial charge in [-0.05, 0) is 52.3 Å². The van der Waals surface area contributed by atoms with Gasteiger partial charge in [-0.1, -0.05) is 0 Å². The smallest absolute Gasteiger partial charge is 0.337 e. The number of aryl methyl sites for hydroxylation is 1. The van der Waals surface area contributed by atoms with Crippen molar-refractivity contribution >= 4 is 5.97 Å². The minimum Gasteiger partial charge on any atom is -0.478 e. The van der Waals surface area contributed by atoms with Gasteiger partial charge >= 0.3 is 5.97 Å². The van der Waals surface area contributed by atoms with E-state index in [1.165, 1.54) is 6.20 Å². The second-order valence-corrected chi connectivity index (χ2v) is 6.92. The van der Waals surface area contributed by atoms with E-state index in [9.17, 15) is 9.90 Å². The summed E-state index contributed by atoms with van der Waals surface area (Å²) >= 11 is 0. The average Bonchev–Trinajstić information content (AvgIpc) is 2.61. The number of carbonyl (C=O) groups is 1. The molecule has 1 fully saturated rings. The highest BCUT2D eigenvalue weighted by Gasteiger charge is 2.24. The van der Waals surface area contributed by atoms with Crippen molar-refractivity contribution in [1.82, 2.24) is 19.9 Å². The Morgan fingerprint density at radius 3 is 2.80 bits per heavy atom. The van der Waals surface area contributed by atoms with Crippen LogP contribution in [0.1, 0.15) is 54.5 Å².